The average molecular weight is 337 g/mol. The summed E-state index contributed by atoms with van der Waals surface area (Å²) in [7, 11) is 0. The summed E-state index contributed by atoms with van der Waals surface area (Å²) in [6, 6.07) is 6.09. The molecule has 1 aromatic heterocycles. The number of imide groups is 1. The third kappa shape index (κ3) is 2.57. The lowest BCUT2D eigenvalue weighted by atomic mass is 10.1. The Bertz CT molecular complexity index is 831. The van der Waals surface area contributed by atoms with Gasteiger partial charge in [-0.05, 0) is 12.1 Å². The zero-order valence-electron chi connectivity index (χ0n) is 11.6. The minimum Gasteiger partial charge on any atom is -0.323 e. The van der Waals surface area contributed by atoms with Gasteiger partial charge in [0.15, 0.2) is 5.69 Å². The van der Waals surface area contributed by atoms with Gasteiger partial charge in [0.1, 0.15) is 12.0 Å². The van der Waals surface area contributed by atoms with E-state index in [1.165, 1.54) is 24.3 Å². The summed E-state index contributed by atoms with van der Waals surface area (Å²) in [6.07, 6.45) is -4.25. The van der Waals surface area contributed by atoms with E-state index in [0.717, 1.165) is 0 Å². The first kappa shape index (κ1) is 15.6. The normalized spacial score (nSPS) is 13.9. The number of nitrogens with zero attached hydrogens (tertiary/aromatic N) is 3. The van der Waals surface area contributed by atoms with Crippen LogP contribution >= 0.6 is 0 Å². The molecule has 0 saturated carbocycles. The number of benzene rings is 1. The molecule has 0 fully saturated rings. The number of amides is 2. The zero-order chi connectivity index (χ0) is 17.5. The maximum absolute atomic E-state index is 12.6. The van der Waals surface area contributed by atoms with Crippen LogP contribution < -0.4 is 0 Å². The van der Waals surface area contributed by atoms with Crippen LogP contribution in [0.3, 0.4) is 0 Å². The number of hydrogen-bond donors (Lipinski definition) is 0. The van der Waals surface area contributed by atoms with Crippen LogP contribution in [0.4, 0.5) is 13.2 Å². The minimum atomic E-state index is -4.78. The van der Waals surface area contributed by atoms with E-state index in [0.29, 0.717) is 12.4 Å². The topological polar surface area (TPSA) is 89.5 Å². The molecule has 0 radical (unpaired) electrons. The van der Waals surface area contributed by atoms with E-state index in [1.807, 2.05) is 0 Å². The Hall–Kier alpha value is -3.30. The quantitative estimate of drug-likeness (QED) is 0.777. The second kappa shape index (κ2) is 5.41. The maximum atomic E-state index is 12.6. The van der Waals surface area contributed by atoms with Crippen LogP contribution in [0.5, 0.6) is 0 Å². The molecular weight excluding hydrogens is 331 g/mol. The number of hydroxylamine groups is 2. The van der Waals surface area contributed by atoms with E-state index in [4.69, 9.17) is 0 Å². The van der Waals surface area contributed by atoms with Crippen LogP contribution in [-0.4, -0.2) is 32.8 Å². The van der Waals surface area contributed by atoms with Crippen molar-refractivity contribution in [3.05, 3.63) is 59.2 Å². The van der Waals surface area contributed by atoms with Gasteiger partial charge in [-0.25, -0.2) is 14.8 Å². The van der Waals surface area contributed by atoms with Crippen LogP contribution in [0.2, 0.25) is 0 Å². The van der Waals surface area contributed by atoms with Crippen LogP contribution in [0.15, 0.2) is 36.7 Å². The molecule has 10 heteroatoms. The fourth-order valence-electron chi connectivity index (χ4n) is 2.00. The first-order valence-electron chi connectivity index (χ1n) is 6.38. The molecule has 3 rings (SSSR count). The fourth-order valence-corrected chi connectivity index (χ4v) is 2.00. The summed E-state index contributed by atoms with van der Waals surface area (Å²) >= 11 is 0. The molecule has 122 valence electrons. The molecular formula is C14H6F3N3O4. The second-order valence-electron chi connectivity index (χ2n) is 4.62. The van der Waals surface area contributed by atoms with Crippen molar-refractivity contribution in [2.75, 3.05) is 0 Å². The largest absolute Gasteiger partial charge is 0.433 e. The van der Waals surface area contributed by atoms with Crippen molar-refractivity contribution in [2.45, 2.75) is 6.18 Å². The van der Waals surface area contributed by atoms with Crippen molar-refractivity contribution in [1.82, 2.24) is 15.0 Å². The third-order valence-corrected chi connectivity index (χ3v) is 3.10. The number of carbonyl (C=O) groups is 3. The van der Waals surface area contributed by atoms with E-state index in [2.05, 4.69) is 14.8 Å². The standard InChI is InChI=1S/C14H6F3N3O4/c15-14(16,17)10-5-9(18-6-19-10)13(23)24-20-11(21)7-3-1-2-4-8(7)12(20)22/h1-6H. The monoisotopic (exact) mass is 337 g/mol. The molecule has 1 aliphatic heterocycles. The Morgan fingerprint density at radius 2 is 1.62 bits per heavy atom. The highest BCUT2D eigenvalue weighted by Gasteiger charge is 2.39. The van der Waals surface area contributed by atoms with Crippen molar-refractivity contribution in [3.8, 4) is 0 Å². The van der Waals surface area contributed by atoms with Crippen LogP contribution in [0.1, 0.15) is 36.9 Å². The minimum absolute atomic E-state index is 0.0222. The third-order valence-electron chi connectivity index (χ3n) is 3.10. The van der Waals surface area contributed by atoms with E-state index in [9.17, 15) is 27.6 Å². The molecule has 1 aliphatic rings. The van der Waals surface area contributed by atoms with Gasteiger partial charge < -0.3 is 4.84 Å². The number of fused-ring (bicyclic) bond motifs is 1. The summed E-state index contributed by atoms with van der Waals surface area (Å²) in [5.74, 6) is -3.18. The Balaban J connectivity index is 1.84. The van der Waals surface area contributed by atoms with Gasteiger partial charge in [-0.15, -0.1) is 0 Å². The molecule has 0 saturated heterocycles. The van der Waals surface area contributed by atoms with Gasteiger partial charge in [0.2, 0.25) is 0 Å². The Labute approximate surface area is 131 Å². The number of rotatable bonds is 2. The van der Waals surface area contributed by atoms with Gasteiger partial charge in [0.25, 0.3) is 11.8 Å². The van der Waals surface area contributed by atoms with E-state index >= 15 is 0 Å². The zero-order valence-corrected chi connectivity index (χ0v) is 11.6. The molecule has 2 amide bonds. The smallest absolute Gasteiger partial charge is 0.323 e. The first-order chi connectivity index (χ1) is 11.3. The van der Waals surface area contributed by atoms with Gasteiger partial charge >= 0.3 is 12.1 Å². The van der Waals surface area contributed by atoms with Gasteiger partial charge in [-0.2, -0.15) is 13.2 Å². The fraction of sp³-hybridized carbons (Fsp3) is 0.0714. The SMILES string of the molecule is O=C(ON1C(=O)c2ccccc2C1=O)c1cc(C(F)(F)F)ncn1. The highest BCUT2D eigenvalue weighted by atomic mass is 19.4. The lowest BCUT2D eigenvalue weighted by molar-refractivity contribution is -0.141. The van der Waals surface area contributed by atoms with Crippen molar-refractivity contribution < 1.29 is 32.4 Å². The van der Waals surface area contributed by atoms with Gasteiger partial charge in [0.05, 0.1) is 11.1 Å². The summed E-state index contributed by atoms with van der Waals surface area (Å²) < 4.78 is 37.7. The van der Waals surface area contributed by atoms with E-state index in [1.54, 1.807) is 0 Å². The molecule has 0 atom stereocenters. The molecule has 2 heterocycles. The van der Waals surface area contributed by atoms with Crippen molar-refractivity contribution >= 4 is 17.8 Å². The highest BCUT2D eigenvalue weighted by Crippen LogP contribution is 2.28. The predicted octanol–water partition coefficient (Wildman–Crippen LogP) is 1.86. The summed E-state index contributed by atoms with van der Waals surface area (Å²) in [6.45, 7) is 0. The summed E-state index contributed by atoms with van der Waals surface area (Å²) in [5.41, 5.74) is -2.05. The average Bonchev–Trinajstić information content (AvgIpc) is 2.80. The number of halogens is 3. The van der Waals surface area contributed by atoms with E-state index < -0.39 is 35.3 Å². The number of aromatic nitrogens is 2. The number of alkyl halides is 3. The lowest BCUT2D eigenvalue weighted by Gasteiger charge is -2.12. The second-order valence-corrected chi connectivity index (χ2v) is 4.62. The molecule has 0 spiro atoms. The number of hydrogen-bond acceptors (Lipinski definition) is 6. The molecule has 0 aliphatic carbocycles. The predicted molar refractivity (Wildman–Crippen MR) is 69.4 cm³/mol. The van der Waals surface area contributed by atoms with Gasteiger partial charge in [-0.3, -0.25) is 9.59 Å². The summed E-state index contributed by atoms with van der Waals surface area (Å²) in [4.78, 5) is 46.9. The van der Waals surface area contributed by atoms with Gasteiger partial charge in [-0.1, -0.05) is 17.2 Å². The van der Waals surface area contributed by atoms with Crippen molar-refractivity contribution in [2.24, 2.45) is 0 Å². The van der Waals surface area contributed by atoms with E-state index in [-0.39, 0.29) is 16.2 Å². The van der Waals surface area contributed by atoms with Crippen LogP contribution in [0, 0.1) is 0 Å². The first-order valence-corrected chi connectivity index (χ1v) is 6.38. The Morgan fingerprint density at radius 3 is 2.17 bits per heavy atom. The molecule has 1 aromatic carbocycles. The molecule has 0 bridgehead atoms. The molecule has 0 unspecified atom stereocenters. The highest BCUT2D eigenvalue weighted by molar-refractivity contribution is 6.21. The summed E-state index contributed by atoms with van der Waals surface area (Å²) in [5, 5.41) is 0.183. The Morgan fingerprint density at radius 1 is 1.04 bits per heavy atom. The molecule has 2 aromatic rings. The van der Waals surface area contributed by atoms with Crippen LogP contribution in [0.25, 0.3) is 0 Å². The number of carbonyl (C=O) groups excluding carboxylic acids is 3. The molecule has 7 nitrogen and oxygen atoms in total. The molecule has 0 N–H and O–H groups in total. The Kier molecular flexibility index (Phi) is 3.51. The maximum Gasteiger partial charge on any atom is 0.433 e. The van der Waals surface area contributed by atoms with Crippen molar-refractivity contribution in [1.29, 1.82) is 0 Å². The molecule has 24 heavy (non-hydrogen) atoms. The van der Waals surface area contributed by atoms with Gasteiger partial charge in [0, 0.05) is 6.07 Å². The van der Waals surface area contributed by atoms with Crippen molar-refractivity contribution in [3.63, 3.8) is 0 Å². The lowest BCUT2D eigenvalue weighted by Crippen LogP contribution is -2.33. The van der Waals surface area contributed by atoms with Crippen LogP contribution in [-0.2, 0) is 11.0 Å².